The number of rotatable bonds is 6. The smallest absolute Gasteiger partial charge is 0.251 e. The summed E-state index contributed by atoms with van der Waals surface area (Å²) >= 11 is 6.01. The fourth-order valence-corrected chi connectivity index (χ4v) is 4.27. The first-order valence-corrected chi connectivity index (χ1v) is 10.1. The van der Waals surface area contributed by atoms with Crippen molar-refractivity contribution in [2.75, 3.05) is 6.54 Å². The molecule has 1 aliphatic rings. The van der Waals surface area contributed by atoms with Crippen molar-refractivity contribution in [1.29, 1.82) is 0 Å². The topological polar surface area (TPSA) is 75.3 Å². The summed E-state index contributed by atoms with van der Waals surface area (Å²) < 4.78 is 26.8. The van der Waals surface area contributed by atoms with E-state index in [1.807, 2.05) is 18.2 Å². The Balaban J connectivity index is 1.78. The highest BCUT2D eigenvalue weighted by Gasteiger charge is 2.25. The Hall–Kier alpha value is -2.15. The molecule has 5 nitrogen and oxygen atoms in total. The predicted molar refractivity (Wildman–Crippen MR) is 102 cm³/mol. The lowest BCUT2D eigenvalue weighted by Gasteiger charge is -2.15. The molecule has 1 aliphatic carbocycles. The van der Waals surface area contributed by atoms with Gasteiger partial charge in [-0.1, -0.05) is 29.8 Å². The van der Waals surface area contributed by atoms with Gasteiger partial charge < -0.3 is 5.32 Å². The van der Waals surface area contributed by atoms with E-state index in [0.29, 0.717) is 10.6 Å². The highest BCUT2D eigenvalue weighted by atomic mass is 35.5. The minimum absolute atomic E-state index is 0.0469. The van der Waals surface area contributed by atoms with Gasteiger partial charge in [-0.25, -0.2) is 13.1 Å². The molecule has 2 aromatic rings. The van der Waals surface area contributed by atoms with Crippen molar-refractivity contribution in [3.63, 3.8) is 0 Å². The maximum Gasteiger partial charge on any atom is 0.251 e. The number of nitrogens with one attached hydrogen (secondary N) is 2. The lowest BCUT2D eigenvalue weighted by molar-refractivity contribution is 0.0936. The maximum atomic E-state index is 12.6. The summed E-state index contributed by atoms with van der Waals surface area (Å²) in [6, 6.07) is 11.5. The zero-order chi connectivity index (χ0) is 18.7. The monoisotopic (exact) mass is 390 g/mol. The van der Waals surface area contributed by atoms with Gasteiger partial charge in [-0.3, -0.25) is 4.79 Å². The molecule has 0 aliphatic heterocycles. The van der Waals surface area contributed by atoms with Gasteiger partial charge in [0, 0.05) is 17.1 Å². The molecule has 136 valence electrons. The van der Waals surface area contributed by atoms with E-state index >= 15 is 0 Å². The second-order valence-electron chi connectivity index (χ2n) is 6.08. The molecular formula is C19H19ClN2O3S. The normalized spacial score (nSPS) is 16.1. The summed E-state index contributed by atoms with van der Waals surface area (Å²) in [6.07, 6.45) is 3.10. The SMILES string of the molecule is C=CCNS(=O)(=O)c1cccc(C(=O)NC2CCc3cc(Cl)ccc32)c1. The second-order valence-corrected chi connectivity index (χ2v) is 8.28. The van der Waals surface area contributed by atoms with Crippen molar-refractivity contribution < 1.29 is 13.2 Å². The fraction of sp³-hybridized carbons (Fsp3) is 0.211. The van der Waals surface area contributed by atoms with Crippen molar-refractivity contribution in [2.24, 2.45) is 0 Å². The number of hydrogen-bond acceptors (Lipinski definition) is 3. The third-order valence-corrected chi connectivity index (χ3v) is 5.97. The first kappa shape index (κ1) is 18.6. The first-order chi connectivity index (χ1) is 12.4. The molecule has 3 rings (SSSR count). The molecule has 0 aromatic heterocycles. The van der Waals surface area contributed by atoms with Crippen LogP contribution < -0.4 is 10.0 Å². The summed E-state index contributed by atoms with van der Waals surface area (Å²) in [6.45, 7) is 3.61. The van der Waals surface area contributed by atoms with E-state index in [1.165, 1.54) is 18.2 Å². The number of sulfonamides is 1. The molecule has 0 radical (unpaired) electrons. The van der Waals surface area contributed by atoms with Gasteiger partial charge in [0.1, 0.15) is 0 Å². The van der Waals surface area contributed by atoms with Crippen LogP contribution in [0.4, 0.5) is 0 Å². The number of carbonyl (C=O) groups excluding carboxylic acids is 1. The van der Waals surface area contributed by atoms with Gasteiger partial charge in [-0.2, -0.15) is 0 Å². The summed E-state index contributed by atoms with van der Waals surface area (Å²) in [5.41, 5.74) is 2.49. The van der Waals surface area contributed by atoms with Crippen LogP contribution in [-0.2, 0) is 16.4 Å². The van der Waals surface area contributed by atoms with E-state index in [9.17, 15) is 13.2 Å². The van der Waals surface area contributed by atoms with E-state index in [2.05, 4.69) is 16.6 Å². The van der Waals surface area contributed by atoms with Crippen LogP contribution >= 0.6 is 11.6 Å². The molecule has 0 fully saturated rings. The first-order valence-electron chi connectivity index (χ1n) is 8.20. The van der Waals surface area contributed by atoms with Crippen LogP contribution in [0, 0.1) is 0 Å². The summed E-state index contributed by atoms with van der Waals surface area (Å²) in [7, 11) is -3.68. The molecule has 0 heterocycles. The largest absolute Gasteiger partial charge is 0.345 e. The number of fused-ring (bicyclic) bond motifs is 1. The second kappa shape index (κ2) is 7.61. The minimum atomic E-state index is -3.68. The molecule has 1 amide bonds. The zero-order valence-electron chi connectivity index (χ0n) is 14.0. The third kappa shape index (κ3) is 3.98. The molecule has 0 bridgehead atoms. The lowest BCUT2D eigenvalue weighted by atomic mass is 10.1. The number of hydrogen-bond donors (Lipinski definition) is 2. The Morgan fingerprint density at radius 2 is 2.08 bits per heavy atom. The molecule has 0 spiro atoms. The standard InChI is InChI=1S/C19H19ClN2O3S/c1-2-10-21-26(24,25)16-5-3-4-14(12-16)19(23)22-18-9-6-13-11-15(20)7-8-17(13)18/h2-5,7-8,11-12,18,21H,1,6,9-10H2,(H,22,23). The minimum Gasteiger partial charge on any atom is -0.345 e. The summed E-state index contributed by atoms with van der Waals surface area (Å²) in [5.74, 6) is -0.307. The van der Waals surface area contributed by atoms with Crippen LogP contribution in [0.15, 0.2) is 60.0 Å². The average Bonchev–Trinajstić information content (AvgIpc) is 3.02. The number of carbonyl (C=O) groups is 1. The van der Waals surface area contributed by atoms with Gasteiger partial charge in [0.25, 0.3) is 5.91 Å². The number of aryl methyl sites for hydroxylation is 1. The van der Waals surface area contributed by atoms with Gasteiger partial charge in [0.2, 0.25) is 10.0 Å². The molecule has 2 N–H and O–H groups in total. The van der Waals surface area contributed by atoms with Crippen molar-refractivity contribution in [3.05, 3.63) is 76.8 Å². The van der Waals surface area contributed by atoms with Crippen molar-refractivity contribution in [3.8, 4) is 0 Å². The molecule has 26 heavy (non-hydrogen) atoms. The molecule has 0 saturated heterocycles. The van der Waals surface area contributed by atoms with Gasteiger partial charge in [0.05, 0.1) is 10.9 Å². The van der Waals surface area contributed by atoms with Crippen LogP contribution in [0.2, 0.25) is 5.02 Å². The Morgan fingerprint density at radius 1 is 1.27 bits per heavy atom. The Bertz CT molecular complexity index is 957. The Morgan fingerprint density at radius 3 is 2.85 bits per heavy atom. The highest BCUT2D eigenvalue weighted by molar-refractivity contribution is 7.89. The van der Waals surface area contributed by atoms with Crippen LogP contribution in [0.3, 0.4) is 0 Å². The van der Waals surface area contributed by atoms with E-state index in [-0.39, 0.29) is 23.4 Å². The number of benzene rings is 2. The molecule has 0 saturated carbocycles. The third-order valence-electron chi connectivity index (χ3n) is 4.31. The van der Waals surface area contributed by atoms with Crippen molar-refractivity contribution in [1.82, 2.24) is 10.0 Å². The lowest BCUT2D eigenvalue weighted by Crippen LogP contribution is -2.28. The van der Waals surface area contributed by atoms with E-state index in [4.69, 9.17) is 11.6 Å². The number of amides is 1. The molecule has 1 atom stereocenters. The van der Waals surface area contributed by atoms with Crippen LogP contribution in [0.25, 0.3) is 0 Å². The fourth-order valence-electron chi connectivity index (χ4n) is 3.03. The molecule has 1 unspecified atom stereocenters. The van der Waals surface area contributed by atoms with E-state index < -0.39 is 10.0 Å². The van der Waals surface area contributed by atoms with Gasteiger partial charge in [0.15, 0.2) is 0 Å². The van der Waals surface area contributed by atoms with Gasteiger partial charge >= 0.3 is 0 Å². The molecule has 2 aromatic carbocycles. The van der Waals surface area contributed by atoms with Crippen molar-refractivity contribution >= 4 is 27.5 Å². The van der Waals surface area contributed by atoms with Crippen LogP contribution in [-0.4, -0.2) is 20.9 Å². The molecule has 7 heteroatoms. The molecular weight excluding hydrogens is 372 g/mol. The van der Waals surface area contributed by atoms with E-state index in [0.717, 1.165) is 24.0 Å². The Kier molecular flexibility index (Phi) is 5.46. The van der Waals surface area contributed by atoms with Gasteiger partial charge in [-0.15, -0.1) is 6.58 Å². The van der Waals surface area contributed by atoms with Gasteiger partial charge in [-0.05, 0) is 54.3 Å². The Labute approximate surface area is 158 Å². The number of halogens is 1. The highest BCUT2D eigenvalue weighted by Crippen LogP contribution is 2.33. The maximum absolute atomic E-state index is 12.6. The van der Waals surface area contributed by atoms with E-state index in [1.54, 1.807) is 12.1 Å². The predicted octanol–water partition coefficient (Wildman–Crippen LogP) is 3.22. The summed E-state index contributed by atoms with van der Waals surface area (Å²) in [4.78, 5) is 12.6. The van der Waals surface area contributed by atoms with Crippen LogP contribution in [0.5, 0.6) is 0 Å². The zero-order valence-corrected chi connectivity index (χ0v) is 15.6. The van der Waals surface area contributed by atoms with Crippen LogP contribution in [0.1, 0.15) is 33.9 Å². The quantitative estimate of drug-likeness (QED) is 0.743. The average molecular weight is 391 g/mol. The summed E-state index contributed by atoms with van der Waals surface area (Å²) in [5, 5.41) is 3.66. The van der Waals surface area contributed by atoms with Crippen molar-refractivity contribution in [2.45, 2.75) is 23.8 Å².